The van der Waals surface area contributed by atoms with Crippen molar-refractivity contribution in [3.63, 3.8) is 0 Å². The van der Waals surface area contributed by atoms with Gasteiger partial charge < -0.3 is 19.7 Å². The zero-order valence-electron chi connectivity index (χ0n) is 16.2. The number of carbonyl (C=O) groups excluding carboxylic acids is 1. The Hall–Kier alpha value is -2.53. The molecule has 0 bridgehead atoms. The summed E-state index contributed by atoms with van der Waals surface area (Å²) in [6.07, 6.45) is 4.34. The lowest BCUT2D eigenvalue weighted by Crippen LogP contribution is -2.49. The number of hydrogen-bond acceptors (Lipinski definition) is 3. The van der Waals surface area contributed by atoms with Gasteiger partial charge in [0.15, 0.2) is 0 Å². The van der Waals surface area contributed by atoms with E-state index >= 15 is 0 Å². The predicted molar refractivity (Wildman–Crippen MR) is 110 cm³/mol. The van der Waals surface area contributed by atoms with Gasteiger partial charge in [-0.2, -0.15) is 0 Å². The Morgan fingerprint density at radius 1 is 1.04 bits per heavy atom. The van der Waals surface area contributed by atoms with Crippen LogP contribution < -0.4 is 10.1 Å². The molecule has 2 saturated heterocycles. The smallest absolute Gasteiger partial charge is 0.321 e. The lowest BCUT2D eigenvalue weighted by Gasteiger charge is -2.45. The summed E-state index contributed by atoms with van der Waals surface area (Å²) in [6, 6.07) is 17.6. The molecular formula is C23H28N2O3. The van der Waals surface area contributed by atoms with E-state index in [4.69, 9.17) is 9.47 Å². The largest absolute Gasteiger partial charge is 0.487 e. The van der Waals surface area contributed by atoms with E-state index in [-0.39, 0.29) is 11.4 Å². The number of benzene rings is 2. The topological polar surface area (TPSA) is 50.8 Å². The van der Waals surface area contributed by atoms with Gasteiger partial charge in [-0.05, 0) is 48.8 Å². The van der Waals surface area contributed by atoms with Crippen LogP contribution >= 0.6 is 0 Å². The maximum Gasteiger partial charge on any atom is 0.321 e. The Kier molecular flexibility index (Phi) is 5.81. The average molecular weight is 380 g/mol. The summed E-state index contributed by atoms with van der Waals surface area (Å²) in [6.45, 7) is 3.72. The first-order valence-electron chi connectivity index (χ1n) is 10.1. The minimum Gasteiger partial charge on any atom is -0.487 e. The van der Waals surface area contributed by atoms with Gasteiger partial charge in [0.05, 0.1) is 5.69 Å². The maximum absolute atomic E-state index is 12.9. The van der Waals surface area contributed by atoms with Crippen LogP contribution in [0.4, 0.5) is 10.5 Å². The highest BCUT2D eigenvalue weighted by Crippen LogP contribution is 2.39. The number of likely N-dealkylation sites (tertiary alicyclic amines) is 1. The molecule has 0 unspecified atom stereocenters. The number of nitrogens with one attached hydrogen (secondary N) is 1. The number of ether oxygens (including phenoxy) is 2. The molecule has 0 saturated carbocycles. The highest BCUT2D eigenvalue weighted by Gasteiger charge is 2.38. The molecule has 2 aromatic carbocycles. The van der Waals surface area contributed by atoms with Gasteiger partial charge in [-0.3, -0.25) is 0 Å². The van der Waals surface area contributed by atoms with Crippen LogP contribution in [0.15, 0.2) is 54.6 Å². The Balaban J connectivity index is 1.40. The molecule has 28 heavy (non-hydrogen) atoms. The molecular weight excluding hydrogens is 352 g/mol. The fourth-order valence-electron chi connectivity index (χ4n) is 4.22. The van der Waals surface area contributed by atoms with E-state index in [0.29, 0.717) is 12.4 Å². The minimum absolute atomic E-state index is 0.0404. The normalized spacial score (nSPS) is 18.6. The van der Waals surface area contributed by atoms with Crippen LogP contribution in [0.5, 0.6) is 5.75 Å². The van der Waals surface area contributed by atoms with Gasteiger partial charge in [0.2, 0.25) is 0 Å². The molecule has 148 valence electrons. The second-order valence-electron chi connectivity index (χ2n) is 7.84. The molecule has 2 aliphatic heterocycles. The van der Waals surface area contributed by atoms with Crippen LogP contribution in [0.2, 0.25) is 0 Å². The number of hydrogen-bond donors (Lipinski definition) is 1. The molecule has 1 spiro atoms. The summed E-state index contributed by atoms with van der Waals surface area (Å²) in [5.41, 5.74) is 2.05. The number of carbonyl (C=O) groups is 1. The number of rotatable bonds is 4. The monoisotopic (exact) mass is 380 g/mol. The third-order valence-electron chi connectivity index (χ3n) is 5.87. The second kappa shape index (κ2) is 8.65. The van der Waals surface area contributed by atoms with Crippen molar-refractivity contribution >= 4 is 11.7 Å². The molecule has 5 nitrogen and oxygen atoms in total. The molecule has 2 aliphatic rings. The van der Waals surface area contributed by atoms with Crippen LogP contribution in [0.1, 0.15) is 31.2 Å². The van der Waals surface area contributed by atoms with Crippen molar-refractivity contribution in [3.05, 3.63) is 60.2 Å². The van der Waals surface area contributed by atoms with Gasteiger partial charge in [0.25, 0.3) is 0 Å². The lowest BCUT2D eigenvalue weighted by molar-refractivity contribution is -0.0175. The highest BCUT2D eigenvalue weighted by atomic mass is 16.5. The first kappa shape index (κ1) is 18.8. The molecule has 0 aliphatic carbocycles. The molecule has 0 aromatic heterocycles. The SMILES string of the molecule is O=C(Nc1ccccc1OCc1ccccc1)N1CCCC2(CCOCC2)C1. The number of para-hydroxylation sites is 2. The van der Waals surface area contributed by atoms with Crippen LogP contribution in [-0.2, 0) is 11.3 Å². The minimum atomic E-state index is -0.0404. The Bertz CT molecular complexity index is 782. The van der Waals surface area contributed by atoms with E-state index in [0.717, 1.165) is 56.8 Å². The number of piperidine rings is 1. The van der Waals surface area contributed by atoms with Crippen molar-refractivity contribution in [2.45, 2.75) is 32.3 Å². The summed E-state index contributed by atoms with van der Waals surface area (Å²) >= 11 is 0. The van der Waals surface area contributed by atoms with Crippen molar-refractivity contribution < 1.29 is 14.3 Å². The molecule has 5 heteroatoms. The van der Waals surface area contributed by atoms with E-state index in [1.807, 2.05) is 59.5 Å². The third kappa shape index (κ3) is 4.47. The lowest BCUT2D eigenvalue weighted by atomic mass is 9.74. The Morgan fingerprint density at radius 3 is 2.61 bits per heavy atom. The third-order valence-corrected chi connectivity index (χ3v) is 5.87. The molecule has 0 radical (unpaired) electrons. The van der Waals surface area contributed by atoms with Gasteiger partial charge in [-0.1, -0.05) is 42.5 Å². The van der Waals surface area contributed by atoms with E-state index in [1.165, 1.54) is 6.42 Å². The first-order chi connectivity index (χ1) is 13.7. The van der Waals surface area contributed by atoms with Gasteiger partial charge in [0.1, 0.15) is 12.4 Å². The van der Waals surface area contributed by atoms with Crippen molar-refractivity contribution in [2.75, 3.05) is 31.6 Å². The fraction of sp³-hybridized carbons (Fsp3) is 0.435. The Labute approximate surface area is 166 Å². The van der Waals surface area contributed by atoms with Crippen molar-refractivity contribution in [1.29, 1.82) is 0 Å². The molecule has 2 aromatic rings. The molecule has 0 atom stereocenters. The molecule has 1 N–H and O–H groups in total. The van der Waals surface area contributed by atoms with Crippen molar-refractivity contribution in [3.8, 4) is 5.75 Å². The van der Waals surface area contributed by atoms with E-state index in [1.54, 1.807) is 0 Å². The number of nitrogens with zero attached hydrogens (tertiary/aromatic N) is 1. The maximum atomic E-state index is 12.9. The molecule has 2 heterocycles. The van der Waals surface area contributed by atoms with Crippen molar-refractivity contribution in [1.82, 2.24) is 4.90 Å². The summed E-state index contributed by atoms with van der Waals surface area (Å²) in [7, 11) is 0. The fourth-order valence-corrected chi connectivity index (χ4v) is 4.22. The summed E-state index contributed by atoms with van der Waals surface area (Å²) in [4.78, 5) is 14.9. The summed E-state index contributed by atoms with van der Waals surface area (Å²) in [5.74, 6) is 0.692. The zero-order chi connectivity index (χ0) is 19.2. The van der Waals surface area contributed by atoms with E-state index < -0.39 is 0 Å². The Morgan fingerprint density at radius 2 is 1.79 bits per heavy atom. The standard InChI is InChI=1S/C23H28N2O3/c26-22(25-14-6-11-23(18-25)12-15-27-16-13-23)24-20-9-4-5-10-21(20)28-17-19-7-2-1-3-8-19/h1-5,7-10H,6,11-18H2,(H,24,26). The highest BCUT2D eigenvalue weighted by molar-refractivity contribution is 5.91. The van der Waals surface area contributed by atoms with Gasteiger partial charge in [-0.15, -0.1) is 0 Å². The summed E-state index contributed by atoms with van der Waals surface area (Å²) < 4.78 is 11.5. The quantitative estimate of drug-likeness (QED) is 0.837. The van der Waals surface area contributed by atoms with Gasteiger partial charge in [0, 0.05) is 26.3 Å². The predicted octanol–water partition coefficient (Wildman–Crippen LogP) is 4.69. The number of amides is 2. The molecule has 2 fully saturated rings. The average Bonchev–Trinajstić information content (AvgIpc) is 2.74. The van der Waals surface area contributed by atoms with Crippen LogP contribution in [0, 0.1) is 5.41 Å². The van der Waals surface area contributed by atoms with Gasteiger partial charge >= 0.3 is 6.03 Å². The first-order valence-corrected chi connectivity index (χ1v) is 10.1. The van der Waals surface area contributed by atoms with Crippen molar-refractivity contribution in [2.24, 2.45) is 5.41 Å². The van der Waals surface area contributed by atoms with E-state index in [9.17, 15) is 4.79 Å². The second-order valence-corrected chi connectivity index (χ2v) is 7.84. The zero-order valence-corrected chi connectivity index (χ0v) is 16.2. The number of urea groups is 1. The van der Waals surface area contributed by atoms with Gasteiger partial charge in [-0.25, -0.2) is 4.79 Å². The van der Waals surface area contributed by atoms with Crippen LogP contribution in [0.3, 0.4) is 0 Å². The van der Waals surface area contributed by atoms with Crippen LogP contribution in [0.25, 0.3) is 0 Å². The molecule has 2 amide bonds. The summed E-state index contributed by atoms with van der Waals surface area (Å²) in [5, 5.41) is 3.07. The number of anilines is 1. The van der Waals surface area contributed by atoms with Crippen LogP contribution in [-0.4, -0.2) is 37.2 Å². The van der Waals surface area contributed by atoms with E-state index in [2.05, 4.69) is 5.32 Å². The molecule has 4 rings (SSSR count).